The van der Waals surface area contributed by atoms with Crippen molar-refractivity contribution in [2.24, 2.45) is 0 Å². The van der Waals surface area contributed by atoms with Crippen LogP contribution in [0.3, 0.4) is 0 Å². The van der Waals surface area contributed by atoms with Crippen molar-refractivity contribution < 1.29 is 13.9 Å². The van der Waals surface area contributed by atoms with Crippen LogP contribution in [0.25, 0.3) is 5.69 Å². The first-order valence-corrected chi connectivity index (χ1v) is 9.92. The van der Waals surface area contributed by atoms with Gasteiger partial charge in [0.2, 0.25) is 5.91 Å². The second-order valence-electron chi connectivity index (χ2n) is 7.25. The van der Waals surface area contributed by atoms with E-state index in [-0.39, 0.29) is 24.4 Å². The van der Waals surface area contributed by atoms with Crippen molar-refractivity contribution in [3.63, 3.8) is 0 Å². The Bertz CT molecular complexity index is 950. The SMILES string of the molecule is O=C(Cc1ccn(-c2ccccc2)n1)N1CCC(OCc2ccccc2F)CC1. The van der Waals surface area contributed by atoms with Gasteiger partial charge in [-0.05, 0) is 37.1 Å². The van der Waals surface area contributed by atoms with Gasteiger partial charge in [0.1, 0.15) is 5.82 Å². The zero-order valence-corrected chi connectivity index (χ0v) is 16.2. The highest BCUT2D eigenvalue weighted by Gasteiger charge is 2.24. The van der Waals surface area contributed by atoms with Crippen LogP contribution in [-0.4, -0.2) is 39.8 Å². The van der Waals surface area contributed by atoms with Gasteiger partial charge in [0, 0.05) is 24.8 Å². The van der Waals surface area contributed by atoms with Crippen molar-refractivity contribution in [2.75, 3.05) is 13.1 Å². The van der Waals surface area contributed by atoms with Crippen LogP contribution in [0.4, 0.5) is 4.39 Å². The Labute approximate surface area is 169 Å². The minimum Gasteiger partial charge on any atom is -0.373 e. The van der Waals surface area contributed by atoms with Crippen molar-refractivity contribution in [1.82, 2.24) is 14.7 Å². The average molecular weight is 393 g/mol. The number of rotatable bonds is 6. The van der Waals surface area contributed by atoms with Crippen molar-refractivity contribution in [2.45, 2.75) is 32.0 Å². The van der Waals surface area contributed by atoms with E-state index in [9.17, 15) is 9.18 Å². The molecule has 0 saturated carbocycles. The van der Waals surface area contributed by atoms with Crippen LogP contribution in [-0.2, 0) is 22.6 Å². The zero-order valence-electron chi connectivity index (χ0n) is 16.2. The largest absolute Gasteiger partial charge is 0.373 e. The number of carbonyl (C=O) groups excluding carboxylic acids is 1. The molecule has 1 aliphatic heterocycles. The van der Waals surface area contributed by atoms with Crippen molar-refractivity contribution in [1.29, 1.82) is 0 Å². The minimum atomic E-state index is -0.241. The van der Waals surface area contributed by atoms with Crippen LogP contribution in [0.2, 0.25) is 0 Å². The first-order chi connectivity index (χ1) is 14.2. The number of para-hydroxylation sites is 1. The topological polar surface area (TPSA) is 47.4 Å². The van der Waals surface area contributed by atoms with Gasteiger partial charge in [-0.25, -0.2) is 9.07 Å². The number of likely N-dealkylation sites (tertiary alicyclic amines) is 1. The van der Waals surface area contributed by atoms with Crippen molar-refractivity contribution >= 4 is 5.91 Å². The van der Waals surface area contributed by atoms with Gasteiger partial charge >= 0.3 is 0 Å². The summed E-state index contributed by atoms with van der Waals surface area (Å²) in [6.45, 7) is 1.57. The third-order valence-corrected chi connectivity index (χ3v) is 5.22. The van der Waals surface area contributed by atoms with E-state index in [1.807, 2.05) is 53.6 Å². The summed E-state index contributed by atoms with van der Waals surface area (Å²) in [5.41, 5.74) is 2.30. The molecule has 0 radical (unpaired) electrons. The summed E-state index contributed by atoms with van der Waals surface area (Å²) in [5, 5.41) is 4.51. The van der Waals surface area contributed by atoms with Gasteiger partial charge in [0.05, 0.1) is 30.5 Å². The lowest BCUT2D eigenvalue weighted by Gasteiger charge is -2.32. The number of benzene rings is 2. The standard InChI is InChI=1S/C23H24FN3O2/c24-22-9-5-4-6-18(22)17-29-21-11-13-26(14-12-21)23(28)16-19-10-15-27(25-19)20-7-2-1-3-8-20/h1-10,15,21H,11-14,16-17H2. The highest BCUT2D eigenvalue weighted by atomic mass is 19.1. The van der Waals surface area contributed by atoms with Gasteiger partial charge in [-0.15, -0.1) is 0 Å². The van der Waals surface area contributed by atoms with E-state index in [2.05, 4.69) is 5.10 Å². The van der Waals surface area contributed by atoms with E-state index in [1.165, 1.54) is 6.07 Å². The lowest BCUT2D eigenvalue weighted by atomic mass is 10.1. The zero-order chi connectivity index (χ0) is 20.1. The number of aromatic nitrogens is 2. The number of nitrogens with zero attached hydrogens (tertiary/aromatic N) is 3. The summed E-state index contributed by atoms with van der Waals surface area (Å²) in [7, 11) is 0. The van der Waals surface area contributed by atoms with Crippen LogP contribution in [0, 0.1) is 5.82 Å². The Kier molecular flexibility index (Phi) is 6.00. The molecule has 29 heavy (non-hydrogen) atoms. The Morgan fingerprint density at radius 2 is 1.76 bits per heavy atom. The third kappa shape index (κ3) is 4.90. The monoisotopic (exact) mass is 393 g/mol. The maximum atomic E-state index is 13.7. The number of halogens is 1. The fraction of sp³-hybridized carbons (Fsp3) is 0.304. The van der Waals surface area contributed by atoms with Crippen LogP contribution in [0.5, 0.6) is 0 Å². The maximum absolute atomic E-state index is 13.7. The Morgan fingerprint density at radius 3 is 2.52 bits per heavy atom. The molecule has 1 fully saturated rings. The Morgan fingerprint density at radius 1 is 1.03 bits per heavy atom. The summed E-state index contributed by atoms with van der Waals surface area (Å²) >= 11 is 0. The van der Waals surface area contributed by atoms with E-state index >= 15 is 0 Å². The second kappa shape index (κ2) is 9.01. The fourth-order valence-corrected chi connectivity index (χ4v) is 3.54. The lowest BCUT2D eigenvalue weighted by molar-refractivity contribution is -0.133. The van der Waals surface area contributed by atoms with E-state index in [0.717, 1.165) is 24.2 Å². The normalized spacial score (nSPS) is 14.9. The summed E-state index contributed by atoms with van der Waals surface area (Å²) < 4.78 is 21.3. The molecule has 150 valence electrons. The van der Waals surface area contributed by atoms with Crippen molar-refractivity contribution in [3.8, 4) is 5.69 Å². The molecule has 2 aromatic carbocycles. The number of hydrogen-bond acceptors (Lipinski definition) is 3. The molecule has 3 aromatic rings. The molecule has 0 spiro atoms. The lowest BCUT2D eigenvalue weighted by Crippen LogP contribution is -2.41. The molecule has 0 bridgehead atoms. The Hall–Kier alpha value is -2.99. The molecule has 0 atom stereocenters. The molecule has 1 amide bonds. The molecule has 5 nitrogen and oxygen atoms in total. The minimum absolute atomic E-state index is 0.0518. The number of hydrogen-bond donors (Lipinski definition) is 0. The molecule has 6 heteroatoms. The molecule has 1 aromatic heterocycles. The van der Waals surface area contributed by atoms with Crippen LogP contribution in [0.15, 0.2) is 66.9 Å². The highest BCUT2D eigenvalue weighted by molar-refractivity contribution is 5.78. The molecular formula is C23H24FN3O2. The number of amides is 1. The summed E-state index contributed by atoms with van der Waals surface area (Å²) in [5.74, 6) is -0.161. The average Bonchev–Trinajstić information content (AvgIpc) is 3.23. The molecular weight excluding hydrogens is 369 g/mol. The van der Waals surface area contributed by atoms with Gasteiger partial charge < -0.3 is 9.64 Å². The predicted octanol–water partition coefficient (Wildman–Crippen LogP) is 3.76. The number of piperidine rings is 1. The molecule has 4 rings (SSSR count). The van der Waals surface area contributed by atoms with Crippen LogP contribution in [0.1, 0.15) is 24.1 Å². The molecule has 0 N–H and O–H groups in total. The van der Waals surface area contributed by atoms with Gasteiger partial charge in [0.15, 0.2) is 0 Å². The van der Waals surface area contributed by atoms with Gasteiger partial charge in [-0.2, -0.15) is 5.10 Å². The van der Waals surface area contributed by atoms with E-state index in [0.29, 0.717) is 25.1 Å². The number of carbonyl (C=O) groups is 1. The second-order valence-corrected chi connectivity index (χ2v) is 7.25. The summed E-state index contributed by atoms with van der Waals surface area (Å²) in [6.07, 6.45) is 3.74. The maximum Gasteiger partial charge on any atom is 0.228 e. The third-order valence-electron chi connectivity index (χ3n) is 5.22. The van der Waals surface area contributed by atoms with Gasteiger partial charge in [-0.1, -0.05) is 36.4 Å². The predicted molar refractivity (Wildman–Crippen MR) is 108 cm³/mol. The van der Waals surface area contributed by atoms with E-state index in [1.54, 1.807) is 16.8 Å². The van der Waals surface area contributed by atoms with Gasteiger partial charge in [0.25, 0.3) is 0 Å². The molecule has 1 aliphatic rings. The van der Waals surface area contributed by atoms with Crippen molar-refractivity contribution in [3.05, 3.63) is 83.9 Å². The fourth-order valence-electron chi connectivity index (χ4n) is 3.54. The van der Waals surface area contributed by atoms with Gasteiger partial charge in [-0.3, -0.25) is 4.79 Å². The highest BCUT2D eigenvalue weighted by Crippen LogP contribution is 2.18. The van der Waals surface area contributed by atoms with E-state index in [4.69, 9.17) is 4.74 Å². The van der Waals surface area contributed by atoms with Crippen LogP contribution >= 0.6 is 0 Å². The first-order valence-electron chi connectivity index (χ1n) is 9.92. The Balaban J connectivity index is 1.25. The summed E-state index contributed by atoms with van der Waals surface area (Å²) in [4.78, 5) is 14.5. The summed E-state index contributed by atoms with van der Waals surface area (Å²) in [6, 6.07) is 18.4. The smallest absolute Gasteiger partial charge is 0.228 e. The number of ether oxygens (including phenoxy) is 1. The molecule has 1 saturated heterocycles. The molecule has 0 unspecified atom stereocenters. The first kappa shape index (κ1) is 19.3. The van der Waals surface area contributed by atoms with E-state index < -0.39 is 0 Å². The molecule has 2 heterocycles. The quantitative estimate of drug-likeness (QED) is 0.641. The van der Waals surface area contributed by atoms with Crippen LogP contribution < -0.4 is 0 Å². The molecule has 0 aliphatic carbocycles.